The lowest BCUT2D eigenvalue weighted by atomic mass is 10.1. The number of nitrogens with one attached hydrogen (secondary N) is 1. The van der Waals surface area contributed by atoms with Crippen LogP contribution in [0.4, 0.5) is 5.95 Å². The summed E-state index contributed by atoms with van der Waals surface area (Å²) in [5, 5.41) is 25.9. The molecule has 0 aliphatic carbocycles. The summed E-state index contributed by atoms with van der Waals surface area (Å²) < 4.78 is 0. The first-order valence-electron chi connectivity index (χ1n) is 6.59. The molecular formula is C13H17N5O2. The molecule has 0 spiro atoms. The van der Waals surface area contributed by atoms with E-state index in [0.29, 0.717) is 17.3 Å². The van der Waals surface area contributed by atoms with Gasteiger partial charge in [-0.3, -0.25) is 5.10 Å². The van der Waals surface area contributed by atoms with E-state index in [0.717, 1.165) is 25.9 Å². The van der Waals surface area contributed by atoms with Crippen molar-refractivity contribution in [1.29, 1.82) is 0 Å². The molecule has 3 rings (SSSR count). The third-order valence-corrected chi connectivity index (χ3v) is 3.46. The molecule has 0 bridgehead atoms. The average Bonchev–Trinajstić information content (AvgIpc) is 2.92. The van der Waals surface area contributed by atoms with Crippen LogP contribution in [0.1, 0.15) is 12.8 Å². The molecule has 20 heavy (non-hydrogen) atoms. The second-order valence-corrected chi connectivity index (χ2v) is 5.04. The molecule has 1 aromatic carbocycles. The largest absolute Gasteiger partial charge is 0.504 e. The lowest BCUT2D eigenvalue weighted by Gasteiger charge is -2.29. The monoisotopic (exact) mass is 275 g/mol. The molecule has 7 heteroatoms. The van der Waals surface area contributed by atoms with Crippen molar-refractivity contribution >= 4 is 5.95 Å². The van der Waals surface area contributed by atoms with E-state index >= 15 is 0 Å². The summed E-state index contributed by atoms with van der Waals surface area (Å²) >= 11 is 0. The molecule has 1 aliphatic heterocycles. The van der Waals surface area contributed by atoms with Crippen LogP contribution in [0.5, 0.6) is 11.5 Å². The van der Waals surface area contributed by atoms with E-state index in [-0.39, 0.29) is 17.5 Å². The Bertz CT molecular complexity index is 613. The van der Waals surface area contributed by atoms with Crippen LogP contribution in [0.3, 0.4) is 0 Å². The molecule has 106 valence electrons. The number of aromatic hydroxyl groups is 2. The summed E-state index contributed by atoms with van der Waals surface area (Å²) in [4.78, 5) is 6.47. The second-order valence-electron chi connectivity index (χ2n) is 5.04. The van der Waals surface area contributed by atoms with Crippen LogP contribution in [0.15, 0.2) is 18.2 Å². The molecule has 1 atom stereocenters. The Morgan fingerprint density at radius 2 is 2.15 bits per heavy atom. The SMILES string of the molecule is NC1CCCN(c2n[nH]c(-c3ccc(O)c(O)c3)n2)C1. The van der Waals surface area contributed by atoms with Gasteiger partial charge in [0.2, 0.25) is 5.95 Å². The van der Waals surface area contributed by atoms with Gasteiger partial charge in [0.15, 0.2) is 17.3 Å². The van der Waals surface area contributed by atoms with E-state index in [2.05, 4.69) is 20.1 Å². The number of H-pyrrole nitrogens is 1. The first-order chi connectivity index (χ1) is 9.63. The normalized spacial score (nSPS) is 19.2. The third kappa shape index (κ3) is 2.39. The number of rotatable bonds is 2. The molecule has 1 aromatic heterocycles. The Morgan fingerprint density at radius 3 is 2.90 bits per heavy atom. The lowest BCUT2D eigenvalue weighted by Crippen LogP contribution is -2.43. The molecule has 0 saturated carbocycles. The number of hydrogen-bond acceptors (Lipinski definition) is 6. The Morgan fingerprint density at radius 1 is 1.30 bits per heavy atom. The number of aromatic nitrogens is 3. The molecule has 2 heterocycles. The Balaban J connectivity index is 1.84. The Hall–Kier alpha value is -2.28. The number of piperidine rings is 1. The zero-order valence-corrected chi connectivity index (χ0v) is 11.0. The topological polar surface area (TPSA) is 111 Å². The van der Waals surface area contributed by atoms with Gasteiger partial charge in [-0.25, -0.2) is 0 Å². The number of phenols is 2. The molecule has 1 saturated heterocycles. The summed E-state index contributed by atoms with van der Waals surface area (Å²) in [7, 11) is 0. The second kappa shape index (κ2) is 5.01. The Labute approximate surface area is 116 Å². The standard InChI is InChI=1S/C13H17N5O2/c14-9-2-1-5-18(7-9)13-15-12(16-17-13)8-3-4-10(19)11(20)6-8/h3-4,6,9,19-20H,1-2,5,7,14H2,(H,15,16,17). The van der Waals surface area contributed by atoms with Gasteiger partial charge in [0, 0.05) is 24.7 Å². The van der Waals surface area contributed by atoms with E-state index in [4.69, 9.17) is 5.73 Å². The maximum Gasteiger partial charge on any atom is 0.245 e. The van der Waals surface area contributed by atoms with Gasteiger partial charge in [0.1, 0.15) is 0 Å². The average molecular weight is 275 g/mol. The van der Waals surface area contributed by atoms with Gasteiger partial charge < -0.3 is 20.8 Å². The maximum atomic E-state index is 9.51. The predicted molar refractivity (Wildman–Crippen MR) is 74.6 cm³/mol. The number of nitrogens with two attached hydrogens (primary N) is 1. The minimum absolute atomic E-state index is 0.156. The number of nitrogens with zero attached hydrogens (tertiary/aromatic N) is 3. The van der Waals surface area contributed by atoms with Crippen LogP contribution in [0, 0.1) is 0 Å². The quantitative estimate of drug-likeness (QED) is 0.604. The molecular weight excluding hydrogens is 258 g/mol. The lowest BCUT2D eigenvalue weighted by molar-refractivity contribution is 0.404. The zero-order valence-electron chi connectivity index (χ0n) is 11.0. The van der Waals surface area contributed by atoms with Crippen LogP contribution >= 0.6 is 0 Å². The highest BCUT2D eigenvalue weighted by Gasteiger charge is 2.20. The van der Waals surface area contributed by atoms with Crippen molar-refractivity contribution in [2.75, 3.05) is 18.0 Å². The van der Waals surface area contributed by atoms with Crippen LogP contribution in [0.2, 0.25) is 0 Å². The van der Waals surface area contributed by atoms with Crippen molar-refractivity contribution in [3.05, 3.63) is 18.2 Å². The van der Waals surface area contributed by atoms with E-state index in [1.54, 1.807) is 6.07 Å². The molecule has 5 N–H and O–H groups in total. The van der Waals surface area contributed by atoms with Gasteiger partial charge in [-0.1, -0.05) is 0 Å². The van der Waals surface area contributed by atoms with Crippen molar-refractivity contribution in [2.45, 2.75) is 18.9 Å². The van der Waals surface area contributed by atoms with Crippen molar-refractivity contribution in [3.8, 4) is 22.9 Å². The summed E-state index contributed by atoms with van der Waals surface area (Å²) in [6.07, 6.45) is 2.06. The van der Waals surface area contributed by atoms with Crippen molar-refractivity contribution in [2.24, 2.45) is 5.73 Å². The number of phenolic OH excluding ortho intramolecular Hbond substituents is 2. The Kier molecular flexibility index (Phi) is 3.19. The highest BCUT2D eigenvalue weighted by atomic mass is 16.3. The fourth-order valence-corrected chi connectivity index (χ4v) is 2.39. The summed E-state index contributed by atoms with van der Waals surface area (Å²) in [5.41, 5.74) is 6.62. The van der Waals surface area contributed by atoms with Crippen LogP contribution < -0.4 is 10.6 Å². The van der Waals surface area contributed by atoms with Crippen LogP contribution in [-0.4, -0.2) is 44.5 Å². The van der Waals surface area contributed by atoms with Gasteiger partial charge in [-0.05, 0) is 31.0 Å². The summed E-state index contributed by atoms with van der Waals surface area (Å²) in [6, 6.07) is 4.69. The molecule has 1 aliphatic rings. The smallest absolute Gasteiger partial charge is 0.245 e. The van der Waals surface area contributed by atoms with Gasteiger partial charge in [-0.2, -0.15) is 4.98 Å². The summed E-state index contributed by atoms with van der Waals surface area (Å²) in [6.45, 7) is 1.64. The van der Waals surface area contributed by atoms with Gasteiger partial charge >= 0.3 is 0 Å². The van der Waals surface area contributed by atoms with E-state index in [1.807, 2.05) is 0 Å². The van der Waals surface area contributed by atoms with Gasteiger partial charge in [0.25, 0.3) is 0 Å². The van der Waals surface area contributed by atoms with Crippen LogP contribution in [-0.2, 0) is 0 Å². The van der Waals surface area contributed by atoms with E-state index in [1.165, 1.54) is 12.1 Å². The number of benzene rings is 1. The third-order valence-electron chi connectivity index (χ3n) is 3.46. The predicted octanol–water partition coefficient (Wildman–Crippen LogP) is 0.810. The van der Waals surface area contributed by atoms with Crippen molar-refractivity contribution in [3.63, 3.8) is 0 Å². The number of anilines is 1. The first kappa shape index (κ1) is 12.7. The molecule has 7 nitrogen and oxygen atoms in total. The van der Waals surface area contributed by atoms with E-state index < -0.39 is 0 Å². The maximum absolute atomic E-state index is 9.51. The highest BCUT2D eigenvalue weighted by Crippen LogP contribution is 2.29. The highest BCUT2D eigenvalue weighted by molar-refractivity contribution is 5.61. The minimum atomic E-state index is -0.180. The van der Waals surface area contributed by atoms with Gasteiger partial charge in [-0.15, -0.1) is 5.10 Å². The van der Waals surface area contributed by atoms with Gasteiger partial charge in [0.05, 0.1) is 0 Å². The first-order valence-corrected chi connectivity index (χ1v) is 6.59. The molecule has 1 fully saturated rings. The van der Waals surface area contributed by atoms with Crippen molar-refractivity contribution < 1.29 is 10.2 Å². The number of hydrogen-bond donors (Lipinski definition) is 4. The van der Waals surface area contributed by atoms with Crippen LogP contribution in [0.25, 0.3) is 11.4 Å². The number of aromatic amines is 1. The fourth-order valence-electron chi connectivity index (χ4n) is 2.39. The fraction of sp³-hybridized carbons (Fsp3) is 0.385. The summed E-state index contributed by atoms with van der Waals surface area (Å²) in [5.74, 6) is 0.827. The molecule has 0 radical (unpaired) electrons. The van der Waals surface area contributed by atoms with Crippen molar-refractivity contribution in [1.82, 2.24) is 15.2 Å². The van der Waals surface area contributed by atoms with E-state index in [9.17, 15) is 10.2 Å². The molecule has 1 unspecified atom stereocenters. The zero-order chi connectivity index (χ0) is 14.1. The molecule has 2 aromatic rings. The molecule has 0 amide bonds. The minimum Gasteiger partial charge on any atom is -0.504 e.